The Morgan fingerprint density at radius 2 is 1.64 bits per heavy atom. The van der Waals surface area contributed by atoms with Crippen molar-refractivity contribution in [3.63, 3.8) is 0 Å². The molecule has 0 heterocycles. The molecule has 0 nitrogen and oxygen atoms in total. The van der Waals surface area contributed by atoms with Crippen LogP contribution in [0.1, 0.15) is 48.0 Å². The van der Waals surface area contributed by atoms with Crippen LogP contribution in [0.15, 0.2) is 0 Å². The highest BCUT2D eigenvalue weighted by atomic mass is 14.7. The number of hydrogen-bond acceptors (Lipinski definition) is 0. The Bertz CT molecular complexity index is 155. The van der Waals surface area contributed by atoms with Crippen molar-refractivity contribution in [1.29, 1.82) is 0 Å². The zero-order valence-electron chi connectivity index (χ0n) is 8.86. The van der Waals surface area contributed by atoms with E-state index in [1.807, 2.05) is 0 Å². The molecule has 1 saturated carbocycles. The molecule has 0 radical (unpaired) electrons. The Balaban J connectivity index is 2.84. The van der Waals surface area contributed by atoms with Crippen LogP contribution in [0.3, 0.4) is 0 Å². The average molecular weight is 154 g/mol. The minimum atomic E-state index is 0.593. The van der Waals surface area contributed by atoms with Gasteiger partial charge in [0.2, 0.25) is 0 Å². The highest BCUT2D eigenvalue weighted by molar-refractivity contribution is 5.15. The second-order valence-corrected chi connectivity index (χ2v) is 4.99. The van der Waals surface area contributed by atoms with E-state index in [0.717, 1.165) is 11.8 Å². The third-order valence-corrected chi connectivity index (χ3v) is 4.59. The molecule has 0 heteroatoms. The van der Waals surface area contributed by atoms with Crippen LogP contribution in [0.4, 0.5) is 0 Å². The topological polar surface area (TPSA) is 0 Å². The van der Waals surface area contributed by atoms with Crippen molar-refractivity contribution in [3.8, 4) is 0 Å². The zero-order valence-corrected chi connectivity index (χ0v) is 8.86. The summed E-state index contributed by atoms with van der Waals surface area (Å²) in [6.45, 7) is 14.3. The molecule has 2 atom stereocenters. The molecule has 0 bridgehead atoms. The van der Waals surface area contributed by atoms with Crippen LogP contribution < -0.4 is 0 Å². The van der Waals surface area contributed by atoms with E-state index in [-0.39, 0.29) is 0 Å². The van der Waals surface area contributed by atoms with Gasteiger partial charge < -0.3 is 0 Å². The minimum Gasteiger partial charge on any atom is -0.0648 e. The maximum Gasteiger partial charge on any atom is -0.0192 e. The molecular weight excluding hydrogens is 132 g/mol. The van der Waals surface area contributed by atoms with E-state index >= 15 is 0 Å². The predicted molar refractivity (Wildman–Crippen MR) is 50.5 cm³/mol. The summed E-state index contributed by atoms with van der Waals surface area (Å²) < 4.78 is 0. The Morgan fingerprint density at radius 1 is 1.27 bits per heavy atom. The van der Waals surface area contributed by atoms with Crippen molar-refractivity contribution >= 4 is 0 Å². The van der Waals surface area contributed by atoms with Crippen molar-refractivity contribution in [3.05, 3.63) is 0 Å². The quantitative estimate of drug-likeness (QED) is 0.568. The van der Waals surface area contributed by atoms with E-state index < -0.39 is 0 Å². The lowest BCUT2D eigenvalue weighted by atomic mass is 9.82. The van der Waals surface area contributed by atoms with Gasteiger partial charge in [0.05, 0.1) is 0 Å². The molecule has 66 valence electrons. The fraction of sp³-hybridized carbons (Fsp3) is 1.00. The lowest BCUT2D eigenvalue weighted by Crippen LogP contribution is -2.15. The van der Waals surface area contributed by atoms with E-state index in [0.29, 0.717) is 10.8 Å². The molecule has 0 aliphatic heterocycles. The molecule has 2 unspecified atom stereocenters. The monoisotopic (exact) mass is 154 g/mol. The smallest absolute Gasteiger partial charge is 0.0192 e. The Hall–Kier alpha value is 0. The molecule has 0 aromatic carbocycles. The molecule has 0 spiro atoms. The van der Waals surface area contributed by atoms with Gasteiger partial charge in [-0.3, -0.25) is 0 Å². The lowest BCUT2D eigenvalue weighted by molar-refractivity contribution is 0.263. The van der Waals surface area contributed by atoms with Gasteiger partial charge in [-0.1, -0.05) is 41.5 Å². The van der Waals surface area contributed by atoms with Gasteiger partial charge in [-0.25, -0.2) is 0 Å². The van der Waals surface area contributed by atoms with E-state index in [9.17, 15) is 0 Å². The predicted octanol–water partition coefficient (Wildman–Crippen LogP) is 3.71. The summed E-state index contributed by atoms with van der Waals surface area (Å²) >= 11 is 0. The van der Waals surface area contributed by atoms with E-state index in [1.165, 1.54) is 6.42 Å². The van der Waals surface area contributed by atoms with E-state index in [2.05, 4.69) is 41.5 Å². The summed E-state index contributed by atoms with van der Waals surface area (Å²) in [5.41, 5.74) is 1.24. The van der Waals surface area contributed by atoms with Crippen LogP contribution in [-0.2, 0) is 0 Å². The van der Waals surface area contributed by atoms with Crippen molar-refractivity contribution in [2.75, 3.05) is 0 Å². The molecule has 0 saturated heterocycles. The van der Waals surface area contributed by atoms with Crippen molar-refractivity contribution < 1.29 is 0 Å². The summed E-state index contributed by atoms with van der Waals surface area (Å²) in [5, 5.41) is 0. The number of rotatable bonds is 2. The molecule has 1 aliphatic rings. The second-order valence-electron chi connectivity index (χ2n) is 4.99. The van der Waals surface area contributed by atoms with Crippen LogP contribution in [0.25, 0.3) is 0 Å². The van der Waals surface area contributed by atoms with E-state index in [1.54, 1.807) is 0 Å². The molecule has 11 heavy (non-hydrogen) atoms. The summed E-state index contributed by atoms with van der Waals surface area (Å²) in [6, 6.07) is 0. The maximum absolute atomic E-state index is 2.42. The molecule has 1 aliphatic carbocycles. The molecule has 0 aromatic heterocycles. The molecule has 1 rings (SSSR count). The minimum absolute atomic E-state index is 0.593. The first kappa shape index (κ1) is 9.09. The third kappa shape index (κ3) is 0.816. The van der Waals surface area contributed by atoms with Gasteiger partial charge >= 0.3 is 0 Å². The van der Waals surface area contributed by atoms with Crippen LogP contribution in [0.2, 0.25) is 0 Å². The van der Waals surface area contributed by atoms with Crippen molar-refractivity contribution in [2.45, 2.75) is 48.0 Å². The van der Waals surface area contributed by atoms with Gasteiger partial charge in [0.1, 0.15) is 0 Å². The van der Waals surface area contributed by atoms with Gasteiger partial charge in [0.25, 0.3) is 0 Å². The highest BCUT2D eigenvalue weighted by Crippen LogP contribution is 2.73. The van der Waals surface area contributed by atoms with Crippen molar-refractivity contribution in [1.82, 2.24) is 0 Å². The molecule has 0 N–H and O–H groups in total. The molecule has 0 aromatic rings. The molecule has 1 fully saturated rings. The standard InChI is InChI=1S/C11H22/c1-7-11(8(2)3)9(4)10(11,5)6/h8-9H,7H2,1-6H3. The first-order valence-corrected chi connectivity index (χ1v) is 4.91. The second kappa shape index (κ2) is 2.24. The first-order chi connectivity index (χ1) is 4.91. The summed E-state index contributed by atoms with van der Waals surface area (Å²) in [7, 11) is 0. The van der Waals surface area contributed by atoms with Crippen molar-refractivity contribution in [2.24, 2.45) is 22.7 Å². The Kier molecular flexibility index (Phi) is 1.85. The van der Waals surface area contributed by atoms with E-state index in [4.69, 9.17) is 0 Å². The summed E-state index contributed by atoms with van der Waals surface area (Å²) in [4.78, 5) is 0. The fourth-order valence-electron chi connectivity index (χ4n) is 3.58. The number of hydrogen-bond donors (Lipinski definition) is 0. The van der Waals surface area contributed by atoms with Gasteiger partial charge in [-0.05, 0) is 29.1 Å². The first-order valence-electron chi connectivity index (χ1n) is 4.91. The Labute approximate surface area is 71.4 Å². The van der Waals surface area contributed by atoms with Gasteiger partial charge in [0.15, 0.2) is 0 Å². The summed E-state index contributed by atoms with van der Waals surface area (Å²) in [6.07, 6.45) is 1.35. The van der Waals surface area contributed by atoms with Crippen LogP contribution in [-0.4, -0.2) is 0 Å². The normalized spacial score (nSPS) is 41.2. The SMILES string of the molecule is CCC1(C(C)C)C(C)C1(C)C. The maximum atomic E-state index is 2.42. The van der Waals surface area contributed by atoms with Crippen LogP contribution >= 0.6 is 0 Å². The zero-order chi connectivity index (χ0) is 8.86. The highest BCUT2D eigenvalue weighted by Gasteiger charge is 2.67. The van der Waals surface area contributed by atoms with Gasteiger partial charge in [0, 0.05) is 0 Å². The van der Waals surface area contributed by atoms with Crippen LogP contribution in [0.5, 0.6) is 0 Å². The van der Waals surface area contributed by atoms with Crippen LogP contribution in [0, 0.1) is 22.7 Å². The molecular formula is C11H22. The molecule has 0 amide bonds. The Morgan fingerprint density at radius 3 is 1.64 bits per heavy atom. The third-order valence-electron chi connectivity index (χ3n) is 4.59. The lowest BCUT2D eigenvalue weighted by Gasteiger charge is -2.23. The van der Waals surface area contributed by atoms with Gasteiger partial charge in [-0.2, -0.15) is 0 Å². The largest absolute Gasteiger partial charge is 0.0648 e. The fourth-order valence-corrected chi connectivity index (χ4v) is 3.58. The average Bonchev–Trinajstić information content (AvgIpc) is 2.30. The van der Waals surface area contributed by atoms with Gasteiger partial charge in [-0.15, -0.1) is 0 Å². The summed E-state index contributed by atoms with van der Waals surface area (Å²) in [5.74, 6) is 1.76.